The van der Waals surface area contributed by atoms with Crippen LogP contribution in [0.5, 0.6) is 0 Å². The maximum Gasteiger partial charge on any atom is 0.265 e. The van der Waals surface area contributed by atoms with E-state index in [1.807, 2.05) is 17.7 Å². The minimum Gasteiger partial charge on any atom is -0.386 e. The highest BCUT2D eigenvalue weighted by molar-refractivity contribution is 4.99. The van der Waals surface area contributed by atoms with Crippen molar-refractivity contribution in [2.75, 3.05) is 6.54 Å². The number of hydrogen-bond acceptors (Lipinski definition) is 3. The number of rotatable bonds is 7. The third kappa shape index (κ3) is 3.86. The molecule has 1 heterocycles. The average molecular weight is 233 g/mol. The quantitative estimate of drug-likeness (QED) is 0.739. The van der Waals surface area contributed by atoms with Gasteiger partial charge in [0.2, 0.25) is 0 Å². The van der Waals surface area contributed by atoms with Gasteiger partial charge in [0, 0.05) is 25.8 Å². The first-order chi connectivity index (χ1) is 7.65. The van der Waals surface area contributed by atoms with Gasteiger partial charge in [0.1, 0.15) is 6.10 Å². The summed E-state index contributed by atoms with van der Waals surface area (Å²) in [5, 5.41) is 15.8. The van der Waals surface area contributed by atoms with E-state index < -0.39 is 12.5 Å². The highest BCUT2D eigenvalue weighted by Gasteiger charge is 2.15. The monoisotopic (exact) mass is 233 g/mol. The number of hydrogen-bond donors (Lipinski definition) is 2. The van der Waals surface area contributed by atoms with E-state index in [1.165, 1.54) is 0 Å². The van der Waals surface area contributed by atoms with Crippen LogP contribution >= 0.6 is 0 Å². The van der Waals surface area contributed by atoms with E-state index in [0.717, 1.165) is 18.7 Å². The van der Waals surface area contributed by atoms with Crippen molar-refractivity contribution < 1.29 is 13.9 Å². The molecule has 1 rings (SSSR count). The Balaban J connectivity index is 2.34. The summed E-state index contributed by atoms with van der Waals surface area (Å²) in [5.74, 6) is 0. The van der Waals surface area contributed by atoms with Gasteiger partial charge in [0.25, 0.3) is 6.43 Å². The molecule has 1 aromatic rings. The van der Waals surface area contributed by atoms with Crippen molar-refractivity contribution in [3.8, 4) is 0 Å². The van der Waals surface area contributed by atoms with Gasteiger partial charge in [0.05, 0.1) is 5.69 Å². The van der Waals surface area contributed by atoms with E-state index in [0.29, 0.717) is 6.54 Å². The van der Waals surface area contributed by atoms with Crippen LogP contribution < -0.4 is 5.32 Å². The van der Waals surface area contributed by atoms with E-state index in [9.17, 15) is 8.78 Å². The van der Waals surface area contributed by atoms with E-state index in [-0.39, 0.29) is 6.54 Å². The molecule has 4 nitrogen and oxygen atoms in total. The van der Waals surface area contributed by atoms with Gasteiger partial charge < -0.3 is 10.4 Å². The Morgan fingerprint density at radius 3 is 2.94 bits per heavy atom. The molecule has 6 heteroatoms. The van der Waals surface area contributed by atoms with Gasteiger partial charge in [0.15, 0.2) is 0 Å². The van der Waals surface area contributed by atoms with Gasteiger partial charge >= 0.3 is 0 Å². The zero-order valence-electron chi connectivity index (χ0n) is 9.24. The molecule has 0 spiro atoms. The van der Waals surface area contributed by atoms with E-state index in [2.05, 4.69) is 10.4 Å². The van der Waals surface area contributed by atoms with Gasteiger partial charge in [-0.05, 0) is 12.5 Å². The molecular weight excluding hydrogens is 216 g/mol. The molecule has 1 atom stereocenters. The van der Waals surface area contributed by atoms with E-state index in [1.54, 1.807) is 6.20 Å². The largest absolute Gasteiger partial charge is 0.386 e. The number of aliphatic hydroxyl groups excluding tert-OH is 1. The summed E-state index contributed by atoms with van der Waals surface area (Å²) in [6, 6.07) is 1.83. The van der Waals surface area contributed by atoms with Crippen molar-refractivity contribution >= 4 is 0 Å². The lowest BCUT2D eigenvalue weighted by molar-refractivity contribution is -0.00348. The molecule has 0 amide bonds. The highest BCUT2D eigenvalue weighted by Crippen LogP contribution is 2.02. The maximum atomic E-state index is 12.0. The van der Waals surface area contributed by atoms with Crippen LogP contribution in [0.15, 0.2) is 12.3 Å². The summed E-state index contributed by atoms with van der Waals surface area (Å²) in [6.07, 6.45) is -1.67. The van der Waals surface area contributed by atoms with Crippen LogP contribution in [-0.2, 0) is 13.1 Å². The molecule has 92 valence electrons. The molecule has 0 radical (unpaired) electrons. The lowest BCUT2D eigenvalue weighted by atomic mass is 10.3. The number of nitrogens with zero attached hydrogens (tertiary/aromatic N) is 2. The number of halogens is 2. The third-order valence-corrected chi connectivity index (χ3v) is 2.19. The molecule has 0 aliphatic carbocycles. The molecule has 0 aliphatic heterocycles. The Morgan fingerprint density at radius 2 is 2.31 bits per heavy atom. The fourth-order valence-electron chi connectivity index (χ4n) is 1.36. The Kier molecular flexibility index (Phi) is 5.34. The van der Waals surface area contributed by atoms with E-state index >= 15 is 0 Å². The predicted molar refractivity (Wildman–Crippen MR) is 56.2 cm³/mol. The first-order valence-electron chi connectivity index (χ1n) is 5.32. The molecule has 1 unspecified atom stereocenters. The average Bonchev–Trinajstić information content (AvgIpc) is 2.66. The Hall–Kier alpha value is -1.01. The van der Waals surface area contributed by atoms with Crippen LogP contribution in [0.2, 0.25) is 0 Å². The van der Waals surface area contributed by atoms with Gasteiger partial charge in [-0.2, -0.15) is 5.10 Å². The number of aryl methyl sites for hydroxylation is 1. The molecule has 0 saturated heterocycles. The van der Waals surface area contributed by atoms with Gasteiger partial charge in [-0.15, -0.1) is 0 Å². The topological polar surface area (TPSA) is 50.1 Å². The van der Waals surface area contributed by atoms with Gasteiger partial charge in [-0.25, -0.2) is 8.78 Å². The van der Waals surface area contributed by atoms with Crippen LogP contribution in [0, 0.1) is 0 Å². The standard InChI is InChI=1S/C10H17F2N3O/c1-2-5-15-8(3-4-14-15)6-13-7-9(16)10(11)12/h3-4,9-10,13,16H,2,5-7H2,1H3. The highest BCUT2D eigenvalue weighted by atomic mass is 19.3. The maximum absolute atomic E-state index is 12.0. The molecular formula is C10H17F2N3O. The van der Waals surface area contributed by atoms with Crippen molar-refractivity contribution in [3.05, 3.63) is 18.0 Å². The summed E-state index contributed by atoms with van der Waals surface area (Å²) in [7, 11) is 0. The van der Waals surface area contributed by atoms with Gasteiger partial charge in [-0.1, -0.05) is 6.92 Å². The molecule has 1 aromatic heterocycles. The number of aliphatic hydroxyl groups is 1. The predicted octanol–water partition coefficient (Wildman–Crippen LogP) is 1.01. The Labute approximate surface area is 93.3 Å². The molecule has 0 fully saturated rings. The second-order valence-corrected chi connectivity index (χ2v) is 3.58. The minimum absolute atomic E-state index is 0.116. The summed E-state index contributed by atoms with van der Waals surface area (Å²) in [4.78, 5) is 0. The van der Waals surface area contributed by atoms with Crippen molar-refractivity contribution in [1.29, 1.82) is 0 Å². The van der Waals surface area contributed by atoms with Crippen LogP contribution in [0.3, 0.4) is 0 Å². The summed E-state index contributed by atoms with van der Waals surface area (Å²) < 4.78 is 25.8. The van der Waals surface area contributed by atoms with Crippen molar-refractivity contribution in [3.63, 3.8) is 0 Å². The third-order valence-electron chi connectivity index (χ3n) is 2.19. The fourth-order valence-corrected chi connectivity index (χ4v) is 1.36. The Morgan fingerprint density at radius 1 is 1.56 bits per heavy atom. The SMILES string of the molecule is CCCn1nccc1CNCC(O)C(F)F. The van der Waals surface area contributed by atoms with Crippen LogP contribution in [0.4, 0.5) is 8.78 Å². The van der Waals surface area contributed by atoms with Crippen LogP contribution in [-0.4, -0.2) is 34.0 Å². The number of alkyl halides is 2. The van der Waals surface area contributed by atoms with E-state index in [4.69, 9.17) is 5.11 Å². The first kappa shape index (κ1) is 13.1. The number of nitrogens with one attached hydrogen (secondary N) is 1. The fraction of sp³-hybridized carbons (Fsp3) is 0.700. The second kappa shape index (κ2) is 6.55. The normalized spacial score (nSPS) is 13.3. The minimum atomic E-state index is -2.70. The first-order valence-corrected chi connectivity index (χ1v) is 5.32. The molecule has 0 aliphatic rings. The molecule has 16 heavy (non-hydrogen) atoms. The molecule has 0 bridgehead atoms. The summed E-state index contributed by atoms with van der Waals surface area (Å²) in [5.41, 5.74) is 0.934. The van der Waals surface area contributed by atoms with Crippen LogP contribution in [0.1, 0.15) is 19.0 Å². The molecule has 0 saturated carbocycles. The zero-order valence-corrected chi connectivity index (χ0v) is 9.24. The van der Waals surface area contributed by atoms with Crippen molar-refractivity contribution in [1.82, 2.24) is 15.1 Å². The molecule has 2 N–H and O–H groups in total. The van der Waals surface area contributed by atoms with Crippen LogP contribution in [0.25, 0.3) is 0 Å². The lowest BCUT2D eigenvalue weighted by Crippen LogP contribution is -2.32. The van der Waals surface area contributed by atoms with Crippen molar-refractivity contribution in [2.24, 2.45) is 0 Å². The zero-order chi connectivity index (χ0) is 12.0. The summed E-state index contributed by atoms with van der Waals surface area (Å²) >= 11 is 0. The molecule has 0 aromatic carbocycles. The lowest BCUT2D eigenvalue weighted by Gasteiger charge is -2.11. The Bertz CT molecular complexity index is 304. The second-order valence-electron chi connectivity index (χ2n) is 3.58. The summed E-state index contributed by atoms with van der Waals surface area (Å²) in [6.45, 7) is 3.17. The van der Waals surface area contributed by atoms with Crippen molar-refractivity contribution in [2.45, 2.75) is 39.0 Å². The number of aromatic nitrogens is 2. The smallest absolute Gasteiger partial charge is 0.265 e. The van der Waals surface area contributed by atoms with Gasteiger partial charge in [-0.3, -0.25) is 4.68 Å².